The smallest absolute Gasteiger partial charge is 0.308 e. The predicted octanol–water partition coefficient (Wildman–Crippen LogP) is 0.928. The summed E-state index contributed by atoms with van der Waals surface area (Å²) in [5, 5.41) is 0. The molecule has 6 heteroatoms. The number of rotatable bonds is 7. The Morgan fingerprint density at radius 2 is 1.50 bits per heavy atom. The Kier molecular flexibility index (Phi) is 7.74. The van der Waals surface area contributed by atoms with Crippen LogP contribution in [0.5, 0.6) is 0 Å². The summed E-state index contributed by atoms with van der Waals surface area (Å²) in [4.78, 5) is 33.9. The number of ether oxygens (including phenoxy) is 3. The van der Waals surface area contributed by atoms with Crippen molar-refractivity contribution in [1.29, 1.82) is 0 Å². The first-order chi connectivity index (χ1) is 8.46. The molecule has 0 fully saturated rings. The summed E-state index contributed by atoms with van der Waals surface area (Å²) < 4.78 is 13.7. The van der Waals surface area contributed by atoms with Crippen molar-refractivity contribution in [2.24, 2.45) is 11.8 Å². The third kappa shape index (κ3) is 5.65. The molecule has 0 aliphatic rings. The molecule has 0 bridgehead atoms. The van der Waals surface area contributed by atoms with Gasteiger partial charge in [-0.25, -0.2) is 0 Å². The molecule has 2 atom stereocenters. The van der Waals surface area contributed by atoms with Gasteiger partial charge in [-0.05, 0) is 12.8 Å². The van der Waals surface area contributed by atoms with Gasteiger partial charge in [0.05, 0.1) is 33.2 Å². The molecule has 18 heavy (non-hydrogen) atoms. The van der Waals surface area contributed by atoms with Gasteiger partial charge < -0.3 is 14.2 Å². The Balaban J connectivity index is 4.45. The van der Waals surface area contributed by atoms with Crippen LogP contribution in [0.3, 0.4) is 0 Å². The Labute approximate surface area is 107 Å². The molecular formula is C12H20O6. The van der Waals surface area contributed by atoms with Crippen molar-refractivity contribution >= 4 is 17.9 Å². The zero-order chi connectivity index (χ0) is 14.1. The fraction of sp³-hybridized carbons (Fsp3) is 0.750. The maximum absolute atomic E-state index is 11.5. The van der Waals surface area contributed by atoms with Crippen LogP contribution in [0.2, 0.25) is 0 Å². The van der Waals surface area contributed by atoms with E-state index in [1.165, 1.54) is 21.3 Å². The van der Waals surface area contributed by atoms with E-state index in [0.29, 0.717) is 6.42 Å². The first kappa shape index (κ1) is 16.4. The number of methoxy groups -OCH3 is 3. The van der Waals surface area contributed by atoms with Crippen LogP contribution in [0.25, 0.3) is 0 Å². The minimum atomic E-state index is -0.511. The van der Waals surface area contributed by atoms with Crippen LogP contribution in [-0.4, -0.2) is 39.2 Å². The van der Waals surface area contributed by atoms with Gasteiger partial charge in [0.15, 0.2) is 0 Å². The van der Waals surface area contributed by atoms with E-state index in [1.54, 1.807) is 6.92 Å². The highest BCUT2D eigenvalue weighted by Gasteiger charge is 2.26. The molecule has 2 unspecified atom stereocenters. The molecule has 0 heterocycles. The van der Waals surface area contributed by atoms with E-state index >= 15 is 0 Å². The fourth-order valence-electron chi connectivity index (χ4n) is 1.62. The van der Waals surface area contributed by atoms with Crippen molar-refractivity contribution in [2.45, 2.75) is 26.2 Å². The van der Waals surface area contributed by atoms with E-state index in [-0.39, 0.29) is 18.8 Å². The van der Waals surface area contributed by atoms with E-state index in [0.717, 1.165) is 0 Å². The molecule has 0 aromatic carbocycles. The molecule has 0 saturated heterocycles. The number of esters is 3. The van der Waals surface area contributed by atoms with E-state index < -0.39 is 23.8 Å². The minimum Gasteiger partial charge on any atom is -0.469 e. The quantitative estimate of drug-likeness (QED) is 0.500. The van der Waals surface area contributed by atoms with Gasteiger partial charge in [0.1, 0.15) is 0 Å². The van der Waals surface area contributed by atoms with Gasteiger partial charge >= 0.3 is 17.9 Å². The third-order valence-corrected chi connectivity index (χ3v) is 2.70. The Morgan fingerprint density at radius 1 is 0.944 bits per heavy atom. The van der Waals surface area contributed by atoms with Crippen LogP contribution >= 0.6 is 0 Å². The zero-order valence-electron chi connectivity index (χ0n) is 11.2. The molecule has 0 amide bonds. The lowest BCUT2D eigenvalue weighted by Gasteiger charge is -2.17. The average molecular weight is 260 g/mol. The Bertz CT molecular complexity index is 299. The summed E-state index contributed by atoms with van der Waals surface area (Å²) in [6, 6.07) is 0. The molecule has 0 radical (unpaired) electrons. The molecule has 0 aromatic rings. The largest absolute Gasteiger partial charge is 0.469 e. The summed E-state index contributed by atoms with van der Waals surface area (Å²) in [6.45, 7) is 1.67. The van der Waals surface area contributed by atoms with E-state index in [2.05, 4.69) is 14.2 Å². The summed E-state index contributed by atoms with van der Waals surface area (Å²) >= 11 is 0. The second-order valence-electron chi connectivity index (χ2n) is 3.99. The van der Waals surface area contributed by atoms with Gasteiger partial charge in [0, 0.05) is 6.42 Å². The summed E-state index contributed by atoms with van der Waals surface area (Å²) in [5.74, 6) is -2.15. The maximum Gasteiger partial charge on any atom is 0.308 e. The van der Waals surface area contributed by atoms with Crippen molar-refractivity contribution in [1.82, 2.24) is 0 Å². The van der Waals surface area contributed by atoms with Gasteiger partial charge in [-0.2, -0.15) is 0 Å². The molecule has 0 saturated carbocycles. The third-order valence-electron chi connectivity index (χ3n) is 2.70. The van der Waals surface area contributed by atoms with Crippen LogP contribution < -0.4 is 0 Å². The van der Waals surface area contributed by atoms with Gasteiger partial charge in [-0.15, -0.1) is 0 Å². The molecule has 0 N–H and O–H groups in total. The number of hydrogen-bond acceptors (Lipinski definition) is 6. The van der Waals surface area contributed by atoms with E-state index in [9.17, 15) is 14.4 Å². The lowest BCUT2D eigenvalue weighted by Crippen LogP contribution is -2.24. The predicted molar refractivity (Wildman–Crippen MR) is 62.6 cm³/mol. The second kappa shape index (κ2) is 8.49. The van der Waals surface area contributed by atoms with Crippen molar-refractivity contribution in [3.05, 3.63) is 0 Å². The molecule has 6 nitrogen and oxygen atoms in total. The zero-order valence-corrected chi connectivity index (χ0v) is 11.2. The molecule has 0 spiro atoms. The minimum absolute atomic E-state index is 0.115. The number of hydrogen-bond donors (Lipinski definition) is 0. The highest BCUT2D eigenvalue weighted by molar-refractivity contribution is 5.76. The van der Waals surface area contributed by atoms with Gasteiger partial charge in [-0.1, -0.05) is 6.92 Å². The standard InChI is InChI=1S/C12H20O6/c1-8(11(14)17-3)7-9(12(15)18-4)5-6-10(13)16-2/h8-9H,5-7H2,1-4H3. The van der Waals surface area contributed by atoms with Crippen molar-refractivity contribution < 1.29 is 28.6 Å². The highest BCUT2D eigenvalue weighted by atomic mass is 16.5. The van der Waals surface area contributed by atoms with Crippen LogP contribution in [0.4, 0.5) is 0 Å². The summed E-state index contributed by atoms with van der Waals surface area (Å²) in [5.41, 5.74) is 0. The van der Waals surface area contributed by atoms with E-state index in [1.807, 2.05) is 0 Å². The second-order valence-corrected chi connectivity index (χ2v) is 3.99. The van der Waals surface area contributed by atoms with E-state index in [4.69, 9.17) is 0 Å². The summed E-state index contributed by atoms with van der Waals surface area (Å²) in [6.07, 6.45) is 0.696. The monoisotopic (exact) mass is 260 g/mol. The van der Waals surface area contributed by atoms with Crippen LogP contribution in [-0.2, 0) is 28.6 Å². The normalized spacial score (nSPS) is 13.3. The molecular weight excluding hydrogens is 240 g/mol. The Morgan fingerprint density at radius 3 is 1.94 bits per heavy atom. The first-order valence-corrected chi connectivity index (χ1v) is 5.68. The van der Waals surface area contributed by atoms with Crippen molar-refractivity contribution in [3.63, 3.8) is 0 Å². The topological polar surface area (TPSA) is 78.9 Å². The average Bonchev–Trinajstić information content (AvgIpc) is 2.40. The first-order valence-electron chi connectivity index (χ1n) is 5.68. The van der Waals surface area contributed by atoms with Crippen molar-refractivity contribution in [3.8, 4) is 0 Å². The van der Waals surface area contributed by atoms with Crippen LogP contribution in [0, 0.1) is 11.8 Å². The Hall–Kier alpha value is -1.59. The van der Waals surface area contributed by atoms with Crippen LogP contribution in [0.1, 0.15) is 26.2 Å². The molecule has 0 rings (SSSR count). The fourth-order valence-corrected chi connectivity index (χ4v) is 1.62. The van der Waals surface area contributed by atoms with Gasteiger partial charge in [0.25, 0.3) is 0 Å². The molecule has 104 valence electrons. The molecule has 0 aliphatic heterocycles. The molecule has 0 aromatic heterocycles. The lowest BCUT2D eigenvalue weighted by molar-refractivity contribution is -0.149. The number of carbonyl (C=O) groups is 3. The maximum atomic E-state index is 11.5. The van der Waals surface area contributed by atoms with Gasteiger partial charge in [0.2, 0.25) is 0 Å². The molecule has 0 aliphatic carbocycles. The highest BCUT2D eigenvalue weighted by Crippen LogP contribution is 2.20. The van der Waals surface area contributed by atoms with Crippen LogP contribution in [0.15, 0.2) is 0 Å². The SMILES string of the molecule is COC(=O)CCC(CC(C)C(=O)OC)C(=O)OC. The lowest BCUT2D eigenvalue weighted by atomic mass is 9.92. The summed E-state index contributed by atoms with van der Waals surface area (Å²) in [7, 11) is 3.85. The number of carbonyl (C=O) groups excluding carboxylic acids is 3. The van der Waals surface area contributed by atoms with Gasteiger partial charge in [-0.3, -0.25) is 14.4 Å². The van der Waals surface area contributed by atoms with Crippen molar-refractivity contribution in [2.75, 3.05) is 21.3 Å².